The summed E-state index contributed by atoms with van der Waals surface area (Å²) < 4.78 is 18.9. The van der Waals surface area contributed by atoms with E-state index in [9.17, 15) is 24.0 Å². The summed E-state index contributed by atoms with van der Waals surface area (Å²) >= 11 is 0. The van der Waals surface area contributed by atoms with Gasteiger partial charge >= 0.3 is 5.97 Å². The lowest BCUT2D eigenvalue weighted by Gasteiger charge is -2.34. The van der Waals surface area contributed by atoms with E-state index in [2.05, 4.69) is 39.9 Å². The number of carbonyl (C=O) groups is 5. The number of carboxylic acid groups (broad SMARTS) is 1. The Balaban J connectivity index is 1.16. The van der Waals surface area contributed by atoms with E-state index in [0.29, 0.717) is 82.5 Å². The predicted molar refractivity (Wildman–Crippen MR) is 269 cm³/mol. The van der Waals surface area contributed by atoms with Gasteiger partial charge in [0, 0.05) is 76.5 Å². The fourth-order valence-corrected chi connectivity index (χ4v) is 9.07. The molecule has 2 aromatic carbocycles. The number of nitrogens with zero attached hydrogens (tertiary/aromatic N) is 10. The number of aromatic nitrogens is 8. The van der Waals surface area contributed by atoms with Gasteiger partial charge in [-0.25, -0.2) is 0 Å². The number of hydrogen-bond acceptors (Lipinski definition) is 11. The summed E-state index contributed by atoms with van der Waals surface area (Å²) in [5.41, 5.74) is 16.3. The second-order valence-corrected chi connectivity index (χ2v) is 17.9. The van der Waals surface area contributed by atoms with Gasteiger partial charge < -0.3 is 54.9 Å². The molecule has 72 heavy (non-hydrogen) atoms. The SMILES string of the molecule is CCn1nc(C)cc1C(=O)/N=c1/[nH]c2cc(C(N)=O)cc(OC)c2n1C/C=C/Cn1/c(=N\C(=O)c2cc(C)nn2CC)[nH]c2cc(C(N)=O)cc(OCCCN3CCN(CCCCCCCC(=O)O)CC3)c21. The molecule has 7 rings (SSSR count). The number of hydrogen-bond donors (Lipinski definition) is 5. The zero-order chi connectivity index (χ0) is 51.5. The van der Waals surface area contributed by atoms with Crippen molar-refractivity contribution >= 4 is 51.7 Å². The van der Waals surface area contributed by atoms with Gasteiger partial charge in [0.1, 0.15) is 33.9 Å². The molecule has 1 aliphatic rings. The molecule has 22 nitrogen and oxygen atoms in total. The van der Waals surface area contributed by atoms with Crippen molar-refractivity contribution in [2.24, 2.45) is 21.5 Å². The number of nitrogens with one attached hydrogen (secondary N) is 2. The molecule has 1 aliphatic heterocycles. The molecule has 4 aromatic heterocycles. The summed E-state index contributed by atoms with van der Waals surface area (Å²) in [5, 5.41) is 17.7. The van der Waals surface area contributed by atoms with Crippen molar-refractivity contribution in [3.8, 4) is 11.5 Å². The molecule has 6 aromatic rings. The van der Waals surface area contributed by atoms with Crippen molar-refractivity contribution in [2.45, 2.75) is 98.8 Å². The Morgan fingerprint density at radius 1 is 0.667 bits per heavy atom. The lowest BCUT2D eigenvalue weighted by atomic mass is 10.1. The van der Waals surface area contributed by atoms with Crippen LogP contribution in [-0.2, 0) is 31.0 Å². The van der Waals surface area contributed by atoms with E-state index in [0.717, 1.165) is 71.4 Å². The molecule has 0 radical (unpaired) electrons. The first-order chi connectivity index (χ1) is 34.7. The Hall–Kier alpha value is -7.59. The summed E-state index contributed by atoms with van der Waals surface area (Å²) in [5.74, 6) is -2.40. The van der Waals surface area contributed by atoms with Crippen LogP contribution in [0.25, 0.3) is 22.1 Å². The van der Waals surface area contributed by atoms with Gasteiger partial charge in [-0.05, 0) is 89.9 Å². The first-order valence-electron chi connectivity index (χ1n) is 24.6. The lowest BCUT2D eigenvalue weighted by Crippen LogP contribution is -2.46. The van der Waals surface area contributed by atoms with Gasteiger partial charge in [-0.2, -0.15) is 20.2 Å². The number of carboxylic acids is 1. The number of ether oxygens (including phenoxy) is 2. The van der Waals surface area contributed by atoms with Crippen LogP contribution >= 0.6 is 0 Å². The van der Waals surface area contributed by atoms with Crippen LogP contribution in [0.2, 0.25) is 0 Å². The van der Waals surface area contributed by atoms with Crippen LogP contribution in [0.3, 0.4) is 0 Å². The molecule has 0 bridgehead atoms. The highest BCUT2D eigenvalue weighted by atomic mass is 16.5. The summed E-state index contributed by atoms with van der Waals surface area (Å²) in [6.45, 7) is 14.6. The van der Waals surface area contributed by atoms with E-state index in [-0.39, 0.29) is 41.9 Å². The van der Waals surface area contributed by atoms with Gasteiger partial charge in [0.15, 0.2) is 0 Å². The van der Waals surface area contributed by atoms with E-state index in [4.69, 9.17) is 26.0 Å². The third-order valence-electron chi connectivity index (χ3n) is 12.7. The van der Waals surface area contributed by atoms with Crippen molar-refractivity contribution in [1.82, 2.24) is 48.5 Å². The van der Waals surface area contributed by atoms with Gasteiger partial charge in [-0.1, -0.05) is 31.4 Å². The van der Waals surface area contributed by atoms with Crippen LogP contribution in [-0.4, -0.2) is 136 Å². The van der Waals surface area contributed by atoms with Gasteiger partial charge in [-0.15, -0.1) is 0 Å². The van der Waals surface area contributed by atoms with Crippen molar-refractivity contribution < 1.29 is 38.6 Å². The second-order valence-electron chi connectivity index (χ2n) is 17.9. The number of imidazole rings is 2. The minimum absolute atomic E-state index is 0.158. The smallest absolute Gasteiger partial charge is 0.303 e. The number of allylic oxidation sites excluding steroid dienone is 2. The molecule has 384 valence electrons. The maximum Gasteiger partial charge on any atom is 0.303 e. The van der Waals surface area contributed by atoms with Crippen LogP contribution in [0.15, 0.2) is 58.5 Å². The molecule has 4 amide bonds. The fourth-order valence-electron chi connectivity index (χ4n) is 9.07. The summed E-state index contributed by atoms with van der Waals surface area (Å²) in [6, 6.07) is 9.67. The van der Waals surface area contributed by atoms with E-state index in [1.54, 1.807) is 62.7 Å². The molecular formula is C50H66N14O8. The van der Waals surface area contributed by atoms with E-state index in [1.807, 2.05) is 26.0 Å². The Morgan fingerprint density at radius 3 is 1.60 bits per heavy atom. The van der Waals surface area contributed by atoms with Gasteiger partial charge in [0.05, 0.1) is 36.1 Å². The third-order valence-corrected chi connectivity index (χ3v) is 12.7. The minimum atomic E-state index is -0.733. The molecule has 22 heteroatoms. The molecular weight excluding hydrogens is 925 g/mol. The number of fused-ring (bicyclic) bond motifs is 2. The van der Waals surface area contributed by atoms with Crippen molar-refractivity contribution in [3.05, 3.63) is 93.7 Å². The van der Waals surface area contributed by atoms with Crippen LogP contribution in [0.4, 0.5) is 0 Å². The van der Waals surface area contributed by atoms with Crippen LogP contribution in [0.5, 0.6) is 11.5 Å². The molecule has 0 spiro atoms. The fraction of sp³-hybridized carbons (Fsp3) is 0.460. The Labute approximate surface area is 416 Å². The molecule has 5 heterocycles. The van der Waals surface area contributed by atoms with Crippen molar-refractivity contribution in [1.29, 1.82) is 0 Å². The standard InChI is InChI=1S/C50H66N14O8/c1-6-63-38(26-32(3)57-63)47(69)55-49-53-36-28-34(45(51)67)30-40(71-5)43(36)61(49)19-13-14-20-62-44-37(54-50(62)56-48(70)39-27-33(4)58-64(39)7-2)29-35(46(52)68)31-41(44)72-25-15-18-60-23-21-59(22-24-60)17-12-10-8-9-11-16-42(65)66/h13-14,26-31H,6-12,15-25H2,1-5H3,(H2,51,67)(H2,52,68)(H,65,66)(H,53,55,69)(H,54,56,70)/b14-13+. The lowest BCUT2D eigenvalue weighted by molar-refractivity contribution is -0.137. The Morgan fingerprint density at radius 2 is 1.12 bits per heavy atom. The van der Waals surface area contributed by atoms with E-state index < -0.39 is 29.6 Å². The number of piperazine rings is 1. The number of methoxy groups -OCH3 is 1. The van der Waals surface area contributed by atoms with Crippen molar-refractivity contribution in [3.63, 3.8) is 0 Å². The molecule has 1 saturated heterocycles. The number of aliphatic carboxylic acids is 1. The van der Waals surface area contributed by atoms with Crippen LogP contribution in [0.1, 0.15) is 112 Å². The van der Waals surface area contributed by atoms with Gasteiger partial charge in [-0.3, -0.25) is 33.3 Å². The summed E-state index contributed by atoms with van der Waals surface area (Å²) in [7, 11) is 1.47. The predicted octanol–water partition coefficient (Wildman–Crippen LogP) is 4.06. The average Bonchev–Trinajstić information content (AvgIpc) is 4.13. The molecule has 0 unspecified atom stereocenters. The highest BCUT2D eigenvalue weighted by molar-refractivity contribution is 5.99. The van der Waals surface area contributed by atoms with Crippen LogP contribution in [0, 0.1) is 13.8 Å². The maximum atomic E-state index is 13.9. The minimum Gasteiger partial charge on any atom is -0.494 e. The third kappa shape index (κ3) is 12.6. The molecule has 1 fully saturated rings. The molecule has 0 saturated carbocycles. The topological polar surface area (TPSA) is 284 Å². The number of nitrogens with two attached hydrogens (primary N) is 2. The number of H-pyrrole nitrogens is 2. The number of aryl methyl sites for hydroxylation is 4. The van der Waals surface area contributed by atoms with Crippen LogP contribution < -0.4 is 32.2 Å². The highest BCUT2D eigenvalue weighted by Crippen LogP contribution is 2.28. The maximum absolute atomic E-state index is 13.9. The molecule has 0 atom stereocenters. The average molecular weight is 991 g/mol. The molecule has 0 aliphatic carbocycles. The highest BCUT2D eigenvalue weighted by Gasteiger charge is 2.21. The second kappa shape index (κ2) is 24.0. The quantitative estimate of drug-likeness (QED) is 0.0424. The normalized spacial score (nSPS) is 14.1. The van der Waals surface area contributed by atoms with Gasteiger partial charge in [0.2, 0.25) is 23.1 Å². The van der Waals surface area contributed by atoms with E-state index >= 15 is 0 Å². The molecule has 7 N–H and O–H groups in total. The number of rotatable bonds is 24. The summed E-state index contributed by atoms with van der Waals surface area (Å²) in [6.07, 6.45) is 9.61. The first-order valence-corrected chi connectivity index (χ1v) is 24.6. The number of benzene rings is 2. The first kappa shape index (κ1) is 52.2. The largest absolute Gasteiger partial charge is 0.494 e. The van der Waals surface area contributed by atoms with E-state index in [1.165, 1.54) is 13.2 Å². The zero-order valence-corrected chi connectivity index (χ0v) is 41.8. The van der Waals surface area contributed by atoms with Crippen molar-refractivity contribution in [2.75, 3.05) is 53.0 Å². The Bertz CT molecular complexity index is 3120. The monoisotopic (exact) mass is 991 g/mol. The number of aromatic amines is 2. The van der Waals surface area contributed by atoms with Gasteiger partial charge in [0.25, 0.3) is 11.8 Å². The number of carbonyl (C=O) groups excluding carboxylic acids is 4. The zero-order valence-electron chi connectivity index (χ0n) is 41.8. The summed E-state index contributed by atoms with van der Waals surface area (Å²) in [4.78, 5) is 83.8. The number of amides is 4. The number of unbranched alkanes of at least 4 members (excludes halogenated alkanes) is 4. The number of primary amides is 2. The Kier molecular flexibility index (Phi) is 17.4.